The van der Waals surface area contributed by atoms with Gasteiger partial charge in [0.05, 0.1) is 12.5 Å². The normalized spacial score (nSPS) is 19.1. The Morgan fingerprint density at radius 3 is 2.94 bits per heavy atom. The SMILES string of the molecule is CN1CCC(COc2cccc(C(N)=O)c2)C1=O. The molecule has 0 radical (unpaired) electrons. The highest BCUT2D eigenvalue weighted by molar-refractivity contribution is 5.93. The van der Waals surface area contributed by atoms with Crippen molar-refractivity contribution in [2.24, 2.45) is 11.7 Å². The summed E-state index contributed by atoms with van der Waals surface area (Å²) in [5.41, 5.74) is 5.59. The summed E-state index contributed by atoms with van der Waals surface area (Å²) in [4.78, 5) is 24.4. The Kier molecular flexibility index (Phi) is 3.50. The maximum Gasteiger partial charge on any atom is 0.248 e. The van der Waals surface area contributed by atoms with Crippen molar-refractivity contribution in [2.75, 3.05) is 20.2 Å². The average molecular weight is 248 g/mol. The van der Waals surface area contributed by atoms with Crippen molar-refractivity contribution in [3.63, 3.8) is 0 Å². The van der Waals surface area contributed by atoms with E-state index in [0.717, 1.165) is 13.0 Å². The van der Waals surface area contributed by atoms with Gasteiger partial charge in [-0.05, 0) is 24.6 Å². The third-order valence-corrected chi connectivity index (χ3v) is 3.11. The van der Waals surface area contributed by atoms with Crippen LogP contribution < -0.4 is 10.5 Å². The first kappa shape index (κ1) is 12.4. The van der Waals surface area contributed by atoms with E-state index >= 15 is 0 Å². The first-order valence-electron chi connectivity index (χ1n) is 5.85. The van der Waals surface area contributed by atoms with Crippen LogP contribution in [0.3, 0.4) is 0 Å². The molecule has 1 atom stereocenters. The Hall–Kier alpha value is -2.04. The predicted molar refractivity (Wildman–Crippen MR) is 66.2 cm³/mol. The Bertz CT molecular complexity index is 473. The van der Waals surface area contributed by atoms with Crippen LogP contribution in [0.1, 0.15) is 16.8 Å². The van der Waals surface area contributed by atoms with Crippen molar-refractivity contribution < 1.29 is 14.3 Å². The Morgan fingerprint density at radius 2 is 2.33 bits per heavy atom. The Morgan fingerprint density at radius 1 is 1.56 bits per heavy atom. The number of ether oxygens (including phenoxy) is 1. The number of likely N-dealkylation sites (tertiary alicyclic amines) is 1. The van der Waals surface area contributed by atoms with Gasteiger partial charge in [0, 0.05) is 19.2 Å². The fourth-order valence-corrected chi connectivity index (χ4v) is 1.99. The van der Waals surface area contributed by atoms with Crippen LogP contribution in [0.15, 0.2) is 24.3 Å². The summed E-state index contributed by atoms with van der Waals surface area (Å²) in [6, 6.07) is 6.67. The van der Waals surface area contributed by atoms with Crippen LogP contribution in [0.5, 0.6) is 5.75 Å². The second-order valence-electron chi connectivity index (χ2n) is 4.45. The van der Waals surface area contributed by atoms with Gasteiger partial charge in [-0.15, -0.1) is 0 Å². The highest BCUT2D eigenvalue weighted by Gasteiger charge is 2.29. The number of benzene rings is 1. The number of carbonyl (C=O) groups is 2. The van der Waals surface area contributed by atoms with E-state index < -0.39 is 5.91 Å². The maximum absolute atomic E-state index is 11.7. The van der Waals surface area contributed by atoms with Gasteiger partial charge in [-0.25, -0.2) is 0 Å². The minimum Gasteiger partial charge on any atom is -0.493 e. The lowest BCUT2D eigenvalue weighted by atomic mass is 10.1. The standard InChI is InChI=1S/C13H16N2O3/c1-15-6-5-10(13(15)17)8-18-11-4-2-3-9(7-11)12(14)16/h2-4,7,10H,5-6,8H2,1H3,(H2,14,16). The van der Waals surface area contributed by atoms with Gasteiger partial charge in [-0.1, -0.05) is 6.07 Å². The number of rotatable bonds is 4. The van der Waals surface area contributed by atoms with E-state index in [1.807, 2.05) is 0 Å². The number of hydrogen-bond acceptors (Lipinski definition) is 3. The zero-order valence-electron chi connectivity index (χ0n) is 10.3. The molecular formula is C13H16N2O3. The molecule has 0 spiro atoms. The van der Waals surface area contributed by atoms with E-state index in [1.54, 1.807) is 36.2 Å². The van der Waals surface area contributed by atoms with Crippen molar-refractivity contribution in [3.05, 3.63) is 29.8 Å². The Labute approximate surface area is 106 Å². The van der Waals surface area contributed by atoms with Crippen molar-refractivity contribution in [2.45, 2.75) is 6.42 Å². The van der Waals surface area contributed by atoms with Crippen molar-refractivity contribution in [1.82, 2.24) is 4.90 Å². The molecule has 5 nitrogen and oxygen atoms in total. The molecular weight excluding hydrogens is 232 g/mol. The quantitative estimate of drug-likeness (QED) is 0.850. The lowest BCUT2D eigenvalue weighted by molar-refractivity contribution is -0.130. The summed E-state index contributed by atoms with van der Waals surface area (Å²) in [6.45, 7) is 1.11. The highest BCUT2D eigenvalue weighted by atomic mass is 16.5. The van der Waals surface area contributed by atoms with Crippen LogP contribution in [0.4, 0.5) is 0 Å². The largest absolute Gasteiger partial charge is 0.493 e. The zero-order valence-corrected chi connectivity index (χ0v) is 10.3. The molecule has 1 aliphatic rings. The molecule has 96 valence electrons. The fourth-order valence-electron chi connectivity index (χ4n) is 1.99. The van der Waals surface area contributed by atoms with Gasteiger partial charge < -0.3 is 15.4 Å². The molecule has 1 aromatic rings. The molecule has 1 aliphatic heterocycles. The van der Waals surface area contributed by atoms with E-state index in [2.05, 4.69) is 0 Å². The van der Waals surface area contributed by atoms with Crippen LogP contribution in [0, 0.1) is 5.92 Å². The van der Waals surface area contributed by atoms with Crippen LogP contribution in [-0.4, -0.2) is 36.9 Å². The van der Waals surface area contributed by atoms with E-state index in [-0.39, 0.29) is 11.8 Å². The second-order valence-corrected chi connectivity index (χ2v) is 4.45. The molecule has 2 amide bonds. The topological polar surface area (TPSA) is 72.6 Å². The number of carbonyl (C=O) groups excluding carboxylic acids is 2. The first-order chi connectivity index (χ1) is 8.58. The monoisotopic (exact) mass is 248 g/mol. The summed E-state index contributed by atoms with van der Waals surface area (Å²) < 4.78 is 5.54. The molecule has 1 aromatic carbocycles. The average Bonchev–Trinajstić information content (AvgIpc) is 2.68. The minimum atomic E-state index is -0.489. The number of nitrogens with two attached hydrogens (primary N) is 1. The molecule has 0 bridgehead atoms. The molecule has 1 saturated heterocycles. The Balaban J connectivity index is 1.96. The van der Waals surface area contributed by atoms with Gasteiger partial charge in [-0.3, -0.25) is 9.59 Å². The van der Waals surface area contributed by atoms with Gasteiger partial charge >= 0.3 is 0 Å². The van der Waals surface area contributed by atoms with Crippen molar-refractivity contribution in [1.29, 1.82) is 0 Å². The predicted octanol–water partition coefficient (Wildman–Crippen LogP) is 0.643. The summed E-state index contributed by atoms with van der Waals surface area (Å²) in [5, 5.41) is 0. The minimum absolute atomic E-state index is 0.0905. The molecule has 0 saturated carbocycles. The van der Waals surface area contributed by atoms with Crippen LogP contribution in [0.2, 0.25) is 0 Å². The van der Waals surface area contributed by atoms with Gasteiger partial charge in [-0.2, -0.15) is 0 Å². The lowest BCUT2D eigenvalue weighted by Gasteiger charge is -2.12. The van der Waals surface area contributed by atoms with E-state index in [9.17, 15) is 9.59 Å². The van der Waals surface area contributed by atoms with Crippen LogP contribution >= 0.6 is 0 Å². The van der Waals surface area contributed by atoms with Crippen molar-refractivity contribution >= 4 is 11.8 Å². The maximum atomic E-state index is 11.7. The lowest BCUT2D eigenvalue weighted by Crippen LogP contribution is -2.25. The molecule has 0 aliphatic carbocycles. The fraction of sp³-hybridized carbons (Fsp3) is 0.385. The van der Waals surface area contributed by atoms with E-state index in [0.29, 0.717) is 17.9 Å². The smallest absolute Gasteiger partial charge is 0.248 e. The zero-order chi connectivity index (χ0) is 13.1. The molecule has 1 unspecified atom stereocenters. The van der Waals surface area contributed by atoms with Gasteiger partial charge in [0.15, 0.2) is 0 Å². The second kappa shape index (κ2) is 5.08. The summed E-state index contributed by atoms with van der Waals surface area (Å²) >= 11 is 0. The van der Waals surface area contributed by atoms with E-state index in [4.69, 9.17) is 10.5 Å². The number of hydrogen-bond donors (Lipinski definition) is 1. The molecule has 2 rings (SSSR count). The number of amides is 2. The van der Waals surface area contributed by atoms with E-state index in [1.165, 1.54) is 0 Å². The molecule has 1 heterocycles. The summed E-state index contributed by atoms with van der Waals surface area (Å²) in [5.74, 6) is 0.0964. The first-order valence-corrected chi connectivity index (χ1v) is 5.85. The summed E-state index contributed by atoms with van der Waals surface area (Å²) in [6.07, 6.45) is 0.810. The third-order valence-electron chi connectivity index (χ3n) is 3.11. The molecule has 0 aromatic heterocycles. The molecule has 1 fully saturated rings. The number of primary amides is 1. The molecule has 2 N–H and O–H groups in total. The number of nitrogens with zero attached hydrogens (tertiary/aromatic N) is 1. The summed E-state index contributed by atoms with van der Waals surface area (Å²) in [7, 11) is 1.79. The van der Waals surface area contributed by atoms with Crippen LogP contribution in [0.25, 0.3) is 0 Å². The third kappa shape index (κ3) is 2.61. The van der Waals surface area contributed by atoms with Gasteiger partial charge in [0.2, 0.25) is 11.8 Å². The highest BCUT2D eigenvalue weighted by Crippen LogP contribution is 2.19. The molecule has 5 heteroatoms. The molecule has 18 heavy (non-hydrogen) atoms. The van der Waals surface area contributed by atoms with Crippen LogP contribution in [-0.2, 0) is 4.79 Å². The van der Waals surface area contributed by atoms with Crippen molar-refractivity contribution in [3.8, 4) is 5.75 Å². The van der Waals surface area contributed by atoms with Gasteiger partial charge in [0.1, 0.15) is 5.75 Å². The van der Waals surface area contributed by atoms with Gasteiger partial charge in [0.25, 0.3) is 0 Å².